The first-order valence-electron chi connectivity index (χ1n) is 5.51. The molecule has 1 heterocycles. The van der Waals surface area contributed by atoms with E-state index in [1.165, 1.54) is 5.56 Å². The first-order chi connectivity index (χ1) is 11.3. The van der Waals surface area contributed by atoms with E-state index in [1.807, 2.05) is 6.08 Å². The number of benzene rings is 1. The van der Waals surface area contributed by atoms with Crippen molar-refractivity contribution in [2.45, 2.75) is 6.92 Å². The second-order valence-corrected chi connectivity index (χ2v) is 5.54. The maximum Gasteiger partial charge on any atom is 0 e. The molecule has 1 aromatic carbocycles. The second-order valence-electron chi connectivity index (χ2n) is 3.20. The normalized spacial score (nSPS) is 11.4. The van der Waals surface area contributed by atoms with E-state index in [1.54, 1.807) is 10.6 Å². The van der Waals surface area contributed by atoms with Gasteiger partial charge in [0.2, 0.25) is 0 Å². The minimum Gasteiger partial charge on any atom is 0 e. The van der Waals surface area contributed by atoms with Crippen LogP contribution in [-0.2, 0) is 44.3 Å². The van der Waals surface area contributed by atoms with Crippen LogP contribution in [0.15, 0.2) is 48.3 Å². The summed E-state index contributed by atoms with van der Waals surface area (Å²) in [4.78, 5) is 0. The van der Waals surface area contributed by atoms with Crippen molar-refractivity contribution in [3.8, 4) is 0 Å². The molecular formula is C17H13O5PW. The van der Waals surface area contributed by atoms with Gasteiger partial charge in [-0.15, -0.1) is 6.58 Å². The van der Waals surface area contributed by atoms with Gasteiger partial charge in [0.05, 0.1) is 0 Å². The van der Waals surface area contributed by atoms with Crippen molar-refractivity contribution < 1.29 is 44.3 Å². The summed E-state index contributed by atoms with van der Waals surface area (Å²) in [5.41, 5.74) is 1.41. The Labute approximate surface area is 157 Å². The van der Waals surface area contributed by atoms with Gasteiger partial charge in [0.1, 0.15) is 0 Å². The first-order valence-corrected chi connectivity index (χ1v) is 7.04. The molecule has 0 aliphatic carbocycles. The average molecular weight is 512 g/mol. The molecule has 0 bridgehead atoms. The SMILES string of the molecule is C=CC[P@@]1C(C)=C1c1ccccc1.[C-]#[O+].[C-]#[O+].[C-]#[O+].[C-]#[O+].[C-]#[O+].[W]. The van der Waals surface area contributed by atoms with E-state index in [-0.39, 0.29) is 29.0 Å². The third-order valence-electron chi connectivity index (χ3n) is 2.33. The average Bonchev–Trinajstić information content (AvgIpc) is 3.33. The Hall–Kier alpha value is -1.48. The van der Waals surface area contributed by atoms with Crippen molar-refractivity contribution in [1.29, 1.82) is 0 Å². The minimum atomic E-state index is 0. The zero-order valence-electron chi connectivity index (χ0n) is 12.8. The largest absolute Gasteiger partial charge is 0 e. The van der Waals surface area contributed by atoms with Crippen molar-refractivity contribution in [1.82, 2.24) is 0 Å². The Morgan fingerprint density at radius 2 is 1.25 bits per heavy atom. The molecular weight excluding hydrogens is 499 g/mol. The predicted molar refractivity (Wildman–Crippen MR) is 80.7 cm³/mol. The first kappa shape index (κ1) is 34.0. The van der Waals surface area contributed by atoms with Gasteiger partial charge in [0.15, 0.2) is 0 Å². The van der Waals surface area contributed by atoms with Crippen molar-refractivity contribution >= 4 is 13.2 Å². The van der Waals surface area contributed by atoms with E-state index in [4.69, 9.17) is 23.3 Å². The van der Waals surface area contributed by atoms with Gasteiger partial charge in [-0.05, 0) is 37.2 Å². The van der Waals surface area contributed by atoms with Crippen LogP contribution >= 0.6 is 7.92 Å². The Kier molecular flexibility index (Phi) is 41.8. The molecule has 0 saturated heterocycles. The molecule has 2 rings (SSSR count). The molecule has 5 nitrogen and oxygen atoms in total. The molecule has 1 atom stereocenters. The van der Waals surface area contributed by atoms with Gasteiger partial charge in [-0.25, -0.2) is 0 Å². The van der Waals surface area contributed by atoms with Crippen molar-refractivity contribution in [2.24, 2.45) is 0 Å². The molecule has 0 radical (unpaired) electrons. The summed E-state index contributed by atoms with van der Waals surface area (Å²) in [6, 6.07) is 10.7. The molecule has 122 valence electrons. The molecule has 0 amide bonds. The van der Waals surface area contributed by atoms with Crippen molar-refractivity contribution in [3.05, 3.63) is 87.1 Å². The maximum absolute atomic E-state index is 7.50. The minimum absolute atomic E-state index is 0. The molecule has 7 heteroatoms. The maximum atomic E-state index is 7.50. The number of allylic oxidation sites excluding steroid dienone is 2. The van der Waals surface area contributed by atoms with E-state index in [9.17, 15) is 0 Å². The number of hydrogen-bond acceptors (Lipinski definition) is 0. The van der Waals surface area contributed by atoms with E-state index >= 15 is 0 Å². The zero-order chi connectivity index (χ0) is 19.3. The van der Waals surface area contributed by atoms with Crippen LogP contribution in [-0.4, -0.2) is 6.16 Å². The summed E-state index contributed by atoms with van der Waals surface area (Å²) in [5.74, 6) is 0. The van der Waals surface area contributed by atoms with E-state index < -0.39 is 0 Å². The number of rotatable bonds is 3. The summed E-state index contributed by atoms with van der Waals surface area (Å²) in [7, 11) is 0.0638. The molecule has 1 aromatic rings. The van der Waals surface area contributed by atoms with E-state index in [0.29, 0.717) is 0 Å². The quantitative estimate of drug-likeness (QED) is 0.255. The molecule has 0 unspecified atom stereocenters. The van der Waals surface area contributed by atoms with Gasteiger partial charge < -0.3 is 0 Å². The van der Waals surface area contributed by atoms with E-state index in [0.717, 1.165) is 6.16 Å². The van der Waals surface area contributed by atoms with Crippen molar-refractivity contribution in [3.63, 3.8) is 0 Å². The van der Waals surface area contributed by atoms with Crippen LogP contribution in [0.25, 0.3) is 5.31 Å². The third kappa shape index (κ3) is 14.1. The van der Waals surface area contributed by atoms with Crippen LogP contribution in [0.5, 0.6) is 0 Å². The van der Waals surface area contributed by atoms with Crippen LogP contribution in [0, 0.1) is 33.3 Å². The fourth-order valence-electron chi connectivity index (χ4n) is 1.61. The fraction of sp³-hybridized carbons (Fsp3) is 0.118. The molecule has 1 aliphatic heterocycles. The fourth-order valence-corrected chi connectivity index (χ4v) is 3.72. The predicted octanol–water partition coefficient (Wildman–Crippen LogP) is 3.87. The Bertz CT molecular complexity index is 521. The third-order valence-corrected chi connectivity index (χ3v) is 4.89. The van der Waals surface area contributed by atoms with Gasteiger partial charge in [0.25, 0.3) is 0 Å². The van der Waals surface area contributed by atoms with Crippen LogP contribution in [0.3, 0.4) is 0 Å². The van der Waals surface area contributed by atoms with Gasteiger partial charge in [0, 0.05) is 21.1 Å². The molecule has 24 heavy (non-hydrogen) atoms. The van der Waals surface area contributed by atoms with Gasteiger partial charge in [-0.1, -0.05) is 36.4 Å². The van der Waals surface area contributed by atoms with E-state index in [2.05, 4.69) is 77.1 Å². The molecule has 0 aromatic heterocycles. The molecule has 0 spiro atoms. The summed E-state index contributed by atoms with van der Waals surface area (Å²) in [6.45, 7) is 28.5. The van der Waals surface area contributed by atoms with Gasteiger partial charge in [-0.3, -0.25) is 0 Å². The molecule has 0 fully saturated rings. The van der Waals surface area contributed by atoms with Gasteiger partial charge >= 0.3 is 56.5 Å². The molecule has 0 saturated carbocycles. The van der Waals surface area contributed by atoms with Crippen LogP contribution in [0.1, 0.15) is 12.5 Å². The standard InChI is InChI=1S/C12H13P.5CO.W/c1-3-9-13-10(2)12(13)11-7-5-4-6-8-11;5*1-2;/h3-8H,1,9H2,2H3;;;;;;/t13-;;;;;;/m0....../s1. The Balaban J connectivity index is -0.0000000950. The summed E-state index contributed by atoms with van der Waals surface area (Å²) in [6.07, 6.45) is 3.19. The molecule has 0 N–H and O–H groups in total. The zero-order valence-corrected chi connectivity index (χ0v) is 16.6. The Morgan fingerprint density at radius 3 is 1.58 bits per heavy atom. The van der Waals surface area contributed by atoms with Crippen LogP contribution in [0.4, 0.5) is 0 Å². The summed E-state index contributed by atoms with van der Waals surface area (Å²) in [5, 5.41) is 3.19. The monoisotopic (exact) mass is 512 g/mol. The van der Waals surface area contributed by atoms with Crippen LogP contribution in [0.2, 0.25) is 0 Å². The smallest absolute Gasteiger partial charge is 0 e. The summed E-state index contributed by atoms with van der Waals surface area (Å²) >= 11 is 0. The van der Waals surface area contributed by atoms with Gasteiger partial charge in [-0.2, -0.15) is 0 Å². The Morgan fingerprint density at radius 1 is 0.875 bits per heavy atom. The topological polar surface area (TPSA) is 99.5 Å². The number of hydrogen-bond donors (Lipinski definition) is 0. The summed E-state index contributed by atoms with van der Waals surface area (Å²) < 4.78 is 37.5. The van der Waals surface area contributed by atoms with Crippen LogP contribution < -0.4 is 0 Å². The van der Waals surface area contributed by atoms with Crippen molar-refractivity contribution in [2.75, 3.05) is 6.16 Å². The molecule has 1 aliphatic rings. The second kappa shape index (κ2) is 29.5.